The van der Waals surface area contributed by atoms with Crippen LogP contribution in [0.3, 0.4) is 0 Å². The van der Waals surface area contributed by atoms with Gasteiger partial charge in [0.05, 0.1) is 18.9 Å². The molecule has 0 aliphatic rings. The Hall–Kier alpha value is -2.33. The van der Waals surface area contributed by atoms with Crippen molar-refractivity contribution in [2.45, 2.75) is 12.7 Å². The summed E-state index contributed by atoms with van der Waals surface area (Å²) in [6, 6.07) is 4.19. The summed E-state index contributed by atoms with van der Waals surface area (Å²) in [6.07, 6.45) is -2.94. The molecular weight excluding hydrogens is 333 g/mol. The monoisotopic (exact) mass is 346 g/mol. The third-order valence-corrected chi connectivity index (χ3v) is 3.45. The third kappa shape index (κ3) is 5.11. The summed E-state index contributed by atoms with van der Waals surface area (Å²) in [5, 5.41) is 5.86. The van der Waals surface area contributed by atoms with Gasteiger partial charge in [-0.25, -0.2) is 9.78 Å². The smallest absolute Gasteiger partial charge is 0.334 e. The molecule has 1 heterocycles. The summed E-state index contributed by atoms with van der Waals surface area (Å²) in [5.41, 5.74) is 2.14. The molecule has 6 nitrogen and oxygen atoms in total. The quantitative estimate of drug-likeness (QED) is 0.725. The number of alkyl halides is 3. The number of carbonyl (C=O) groups excluding carboxylic acids is 1. The number of amides is 2. The molecule has 0 aliphatic heterocycles. The fourth-order valence-electron chi connectivity index (χ4n) is 1.66. The number of nitrogens with one attached hydrogen (secondary N) is 3. The van der Waals surface area contributed by atoms with Crippen LogP contribution in [0, 0.1) is 0 Å². The molecule has 0 bridgehead atoms. The number of nitrogens with zero attached hydrogens (tertiary/aromatic N) is 1. The van der Waals surface area contributed by atoms with Crippen LogP contribution >= 0.6 is 11.3 Å². The lowest BCUT2D eigenvalue weighted by molar-refractivity contribution is -0.137. The van der Waals surface area contributed by atoms with Gasteiger partial charge in [-0.3, -0.25) is 15.6 Å². The predicted molar refractivity (Wildman–Crippen MR) is 80.0 cm³/mol. The second-order valence-electron chi connectivity index (χ2n) is 4.34. The summed E-state index contributed by atoms with van der Waals surface area (Å²) < 4.78 is 37.8. The first-order valence-electron chi connectivity index (χ1n) is 6.34. The van der Waals surface area contributed by atoms with Gasteiger partial charge >= 0.3 is 12.2 Å². The van der Waals surface area contributed by atoms with Crippen molar-refractivity contribution < 1.29 is 22.8 Å². The van der Waals surface area contributed by atoms with Gasteiger partial charge in [0.2, 0.25) is 0 Å². The minimum atomic E-state index is -4.41. The summed E-state index contributed by atoms with van der Waals surface area (Å²) in [6.45, 7) is -0.0374. The highest BCUT2D eigenvalue weighted by Gasteiger charge is 2.30. The maximum atomic E-state index is 12.6. The van der Waals surface area contributed by atoms with Crippen LogP contribution in [-0.2, 0) is 17.6 Å². The highest BCUT2D eigenvalue weighted by molar-refractivity contribution is 7.19. The summed E-state index contributed by atoms with van der Waals surface area (Å²) in [4.78, 5) is 20.3. The van der Waals surface area contributed by atoms with Gasteiger partial charge in [-0.2, -0.15) is 13.2 Å². The van der Waals surface area contributed by atoms with E-state index in [9.17, 15) is 18.0 Å². The van der Waals surface area contributed by atoms with E-state index >= 15 is 0 Å². The number of hydrogen-bond acceptors (Lipinski definition) is 5. The average Bonchev–Trinajstić information content (AvgIpc) is 2.92. The summed E-state index contributed by atoms with van der Waals surface area (Å²) in [7, 11) is 1.44. The van der Waals surface area contributed by atoms with E-state index in [4.69, 9.17) is 4.84 Å². The van der Waals surface area contributed by atoms with Crippen molar-refractivity contribution in [2.75, 3.05) is 17.9 Å². The molecule has 10 heteroatoms. The Balaban J connectivity index is 1.89. The van der Waals surface area contributed by atoms with Crippen molar-refractivity contribution >= 4 is 27.5 Å². The lowest BCUT2D eigenvalue weighted by Crippen LogP contribution is -2.28. The molecule has 0 fully saturated rings. The number of carbonyl (C=O) groups is 1. The van der Waals surface area contributed by atoms with Gasteiger partial charge in [0.1, 0.15) is 5.00 Å². The molecule has 2 amide bonds. The standard InChI is InChI=1S/C13H13F3N4O2S/c1-22-20-10-7-18-12(23-10)19-11(21)17-6-8-3-2-4-9(5-8)13(14,15)16/h2-5,7,20H,6H2,1H3,(H2,17,18,19,21). The molecule has 1 aromatic carbocycles. The largest absolute Gasteiger partial charge is 0.416 e. The van der Waals surface area contributed by atoms with E-state index in [1.54, 1.807) is 0 Å². The maximum absolute atomic E-state index is 12.6. The molecule has 124 valence electrons. The summed E-state index contributed by atoms with van der Waals surface area (Å²) in [5.74, 6) is 0. The number of benzene rings is 1. The maximum Gasteiger partial charge on any atom is 0.416 e. The molecule has 0 spiro atoms. The predicted octanol–water partition coefficient (Wildman–Crippen LogP) is 3.46. The van der Waals surface area contributed by atoms with Crippen molar-refractivity contribution in [1.82, 2.24) is 10.3 Å². The zero-order valence-electron chi connectivity index (χ0n) is 11.9. The molecule has 0 radical (unpaired) electrons. The Morgan fingerprint density at radius 1 is 1.39 bits per heavy atom. The molecule has 3 N–H and O–H groups in total. The van der Waals surface area contributed by atoms with Gasteiger partial charge < -0.3 is 5.32 Å². The Morgan fingerprint density at radius 3 is 2.87 bits per heavy atom. The Labute approximate surface area is 133 Å². The number of hydrogen-bond donors (Lipinski definition) is 3. The number of thiazole rings is 1. The molecule has 0 unspecified atom stereocenters. The van der Waals surface area contributed by atoms with E-state index < -0.39 is 17.8 Å². The SMILES string of the molecule is CONc1cnc(NC(=O)NCc2cccc(C(F)(F)F)c2)s1. The normalized spacial score (nSPS) is 11.1. The lowest BCUT2D eigenvalue weighted by Gasteiger charge is -2.09. The average molecular weight is 346 g/mol. The first kappa shape index (κ1) is 17.0. The Kier molecular flexibility index (Phi) is 5.40. The number of anilines is 2. The highest BCUT2D eigenvalue weighted by Crippen LogP contribution is 2.29. The van der Waals surface area contributed by atoms with E-state index in [1.807, 2.05) is 0 Å². The molecule has 0 aliphatic carbocycles. The van der Waals surface area contributed by atoms with Crippen LogP contribution in [0.2, 0.25) is 0 Å². The fourth-order valence-corrected chi connectivity index (χ4v) is 2.35. The highest BCUT2D eigenvalue weighted by atomic mass is 32.1. The van der Waals surface area contributed by atoms with Crippen LogP contribution in [0.15, 0.2) is 30.5 Å². The zero-order chi connectivity index (χ0) is 16.9. The van der Waals surface area contributed by atoms with Crippen molar-refractivity contribution in [3.8, 4) is 0 Å². The zero-order valence-corrected chi connectivity index (χ0v) is 12.7. The van der Waals surface area contributed by atoms with E-state index in [2.05, 4.69) is 21.1 Å². The first-order chi connectivity index (χ1) is 10.9. The van der Waals surface area contributed by atoms with Crippen LogP contribution in [0.25, 0.3) is 0 Å². The van der Waals surface area contributed by atoms with E-state index in [0.29, 0.717) is 15.7 Å². The molecule has 2 aromatic rings. The summed E-state index contributed by atoms with van der Waals surface area (Å²) >= 11 is 1.15. The van der Waals surface area contributed by atoms with Gasteiger partial charge in [-0.05, 0) is 17.7 Å². The Morgan fingerprint density at radius 2 is 2.17 bits per heavy atom. The molecular formula is C13H13F3N4O2S. The first-order valence-corrected chi connectivity index (χ1v) is 7.16. The molecule has 0 saturated carbocycles. The minimum absolute atomic E-state index is 0.0374. The minimum Gasteiger partial charge on any atom is -0.334 e. The van der Waals surface area contributed by atoms with E-state index in [0.717, 1.165) is 23.5 Å². The third-order valence-electron chi connectivity index (χ3n) is 2.64. The molecule has 0 atom stereocenters. The van der Waals surface area contributed by atoms with E-state index in [-0.39, 0.29) is 6.54 Å². The molecule has 23 heavy (non-hydrogen) atoms. The lowest BCUT2D eigenvalue weighted by atomic mass is 10.1. The van der Waals surface area contributed by atoms with Gasteiger partial charge in [0.25, 0.3) is 0 Å². The van der Waals surface area contributed by atoms with Gasteiger partial charge in [0, 0.05) is 6.54 Å². The number of urea groups is 1. The molecule has 2 rings (SSSR count). The van der Waals surface area contributed by atoms with Crippen molar-refractivity contribution in [2.24, 2.45) is 0 Å². The van der Waals surface area contributed by atoms with Crippen LogP contribution in [0.5, 0.6) is 0 Å². The van der Waals surface area contributed by atoms with Crippen molar-refractivity contribution in [3.05, 3.63) is 41.6 Å². The van der Waals surface area contributed by atoms with Crippen molar-refractivity contribution in [3.63, 3.8) is 0 Å². The van der Waals surface area contributed by atoms with Crippen LogP contribution in [0.1, 0.15) is 11.1 Å². The number of rotatable bonds is 5. The Bertz CT molecular complexity index is 675. The van der Waals surface area contributed by atoms with Crippen molar-refractivity contribution in [1.29, 1.82) is 0 Å². The van der Waals surface area contributed by atoms with Gasteiger partial charge in [0.15, 0.2) is 5.13 Å². The van der Waals surface area contributed by atoms with Gasteiger partial charge in [-0.15, -0.1) is 0 Å². The van der Waals surface area contributed by atoms with Gasteiger partial charge in [-0.1, -0.05) is 23.5 Å². The molecule has 0 saturated heterocycles. The molecule has 1 aromatic heterocycles. The van der Waals surface area contributed by atoms with Crippen LogP contribution in [-0.4, -0.2) is 18.1 Å². The topological polar surface area (TPSA) is 75.3 Å². The number of aromatic nitrogens is 1. The van der Waals surface area contributed by atoms with E-state index in [1.165, 1.54) is 25.4 Å². The van der Waals surface area contributed by atoms with Crippen LogP contribution in [0.4, 0.5) is 28.1 Å². The number of halogens is 3. The second-order valence-corrected chi connectivity index (χ2v) is 5.37. The fraction of sp³-hybridized carbons (Fsp3) is 0.231. The second kappa shape index (κ2) is 7.29. The van der Waals surface area contributed by atoms with Crippen LogP contribution < -0.4 is 16.1 Å².